The van der Waals surface area contributed by atoms with E-state index in [0.29, 0.717) is 23.7 Å². The molecule has 1 fully saturated rings. The van der Waals surface area contributed by atoms with E-state index in [-0.39, 0.29) is 36.1 Å². The first-order valence-corrected chi connectivity index (χ1v) is 12.0. The van der Waals surface area contributed by atoms with Crippen LogP contribution in [0.3, 0.4) is 0 Å². The lowest BCUT2D eigenvalue weighted by molar-refractivity contribution is 0.0969. The van der Waals surface area contributed by atoms with Gasteiger partial charge in [0.05, 0.1) is 13.1 Å². The standard InChI is InChI=1S/C26H29N7O3/c1-30-23-22(24(35)33(26(30)36)16-21(34)17-8-3-2-4-9-17)32(14-18-10-5-6-12-20(18)28)25(29-23)31-13-7-11-19(27)15-31/h2-6,8-10,12,19H,7,11,13-16,27-28H2,1H3. The van der Waals surface area contributed by atoms with Gasteiger partial charge in [0.25, 0.3) is 5.56 Å². The number of aromatic nitrogens is 4. The first-order chi connectivity index (χ1) is 17.3. The zero-order valence-electron chi connectivity index (χ0n) is 20.1. The Bertz CT molecular complexity index is 1550. The second kappa shape index (κ2) is 9.46. The van der Waals surface area contributed by atoms with Gasteiger partial charge in [0, 0.05) is 37.4 Å². The van der Waals surface area contributed by atoms with Gasteiger partial charge < -0.3 is 16.4 Å². The molecule has 0 radical (unpaired) electrons. The predicted octanol–water partition coefficient (Wildman–Crippen LogP) is 1.34. The van der Waals surface area contributed by atoms with Gasteiger partial charge in [-0.2, -0.15) is 4.98 Å². The third-order valence-corrected chi connectivity index (χ3v) is 6.73. The van der Waals surface area contributed by atoms with E-state index < -0.39 is 11.2 Å². The molecule has 36 heavy (non-hydrogen) atoms. The van der Waals surface area contributed by atoms with E-state index in [9.17, 15) is 14.4 Å². The third kappa shape index (κ3) is 4.20. The van der Waals surface area contributed by atoms with Crippen molar-refractivity contribution < 1.29 is 4.79 Å². The number of para-hydroxylation sites is 1. The molecule has 186 valence electrons. The fourth-order valence-corrected chi connectivity index (χ4v) is 4.79. The summed E-state index contributed by atoms with van der Waals surface area (Å²) in [4.78, 5) is 46.7. The van der Waals surface area contributed by atoms with E-state index in [2.05, 4.69) is 4.90 Å². The lowest BCUT2D eigenvalue weighted by Gasteiger charge is -2.32. The quantitative estimate of drug-likeness (QED) is 0.310. The summed E-state index contributed by atoms with van der Waals surface area (Å²) in [5, 5.41) is 0. The third-order valence-electron chi connectivity index (χ3n) is 6.73. The van der Waals surface area contributed by atoms with Gasteiger partial charge in [-0.25, -0.2) is 4.79 Å². The molecule has 1 unspecified atom stereocenters. The van der Waals surface area contributed by atoms with Gasteiger partial charge in [-0.3, -0.25) is 23.3 Å². The van der Waals surface area contributed by atoms with Crippen molar-refractivity contribution in [1.29, 1.82) is 0 Å². The molecule has 10 heteroatoms. The topological polar surface area (TPSA) is 134 Å². The van der Waals surface area contributed by atoms with Gasteiger partial charge in [-0.15, -0.1) is 0 Å². The maximum atomic E-state index is 13.8. The predicted molar refractivity (Wildman–Crippen MR) is 139 cm³/mol. The second-order valence-electron chi connectivity index (χ2n) is 9.24. The SMILES string of the molecule is Cn1c(=O)n(CC(=O)c2ccccc2)c(=O)c2c1nc(N1CCCC(N)C1)n2Cc1ccccc1N. The van der Waals surface area contributed by atoms with Gasteiger partial charge in [-0.05, 0) is 24.5 Å². The Labute approximate surface area is 207 Å². The zero-order chi connectivity index (χ0) is 25.4. The molecule has 0 saturated carbocycles. The minimum absolute atomic E-state index is 0.0159. The summed E-state index contributed by atoms with van der Waals surface area (Å²) < 4.78 is 4.10. The minimum Gasteiger partial charge on any atom is -0.398 e. The van der Waals surface area contributed by atoms with Crippen LogP contribution in [-0.4, -0.2) is 43.6 Å². The molecule has 3 heterocycles. The normalized spacial score (nSPS) is 15.9. The van der Waals surface area contributed by atoms with Gasteiger partial charge >= 0.3 is 5.69 Å². The molecule has 10 nitrogen and oxygen atoms in total. The molecule has 2 aromatic carbocycles. The van der Waals surface area contributed by atoms with Crippen molar-refractivity contribution in [1.82, 2.24) is 18.7 Å². The summed E-state index contributed by atoms with van der Waals surface area (Å²) in [6.45, 7) is 1.23. The molecular formula is C26H29N7O3. The van der Waals surface area contributed by atoms with Crippen molar-refractivity contribution in [2.75, 3.05) is 23.7 Å². The number of hydrogen-bond acceptors (Lipinski definition) is 7. The Morgan fingerprint density at radius 1 is 1.06 bits per heavy atom. The van der Waals surface area contributed by atoms with E-state index in [1.54, 1.807) is 48.0 Å². The van der Waals surface area contributed by atoms with Crippen LogP contribution >= 0.6 is 0 Å². The number of nitrogen functional groups attached to an aromatic ring is 1. The molecule has 0 aliphatic carbocycles. The molecule has 0 amide bonds. The van der Waals surface area contributed by atoms with Crippen molar-refractivity contribution in [3.05, 3.63) is 86.6 Å². The second-order valence-corrected chi connectivity index (χ2v) is 9.24. The molecule has 4 aromatic rings. The van der Waals surface area contributed by atoms with Crippen LogP contribution in [0.1, 0.15) is 28.8 Å². The average molecular weight is 488 g/mol. The van der Waals surface area contributed by atoms with Crippen LogP contribution in [0.5, 0.6) is 0 Å². The van der Waals surface area contributed by atoms with Crippen molar-refractivity contribution in [2.24, 2.45) is 12.8 Å². The minimum atomic E-state index is -0.595. The van der Waals surface area contributed by atoms with E-state index in [1.165, 1.54) is 4.57 Å². The van der Waals surface area contributed by atoms with Gasteiger partial charge in [0.15, 0.2) is 16.9 Å². The molecule has 0 spiro atoms. The number of Topliss-reactive ketones (excluding diaryl/α,β-unsaturated/α-hetero) is 1. The Kier molecular flexibility index (Phi) is 6.19. The highest BCUT2D eigenvalue weighted by molar-refractivity contribution is 5.96. The van der Waals surface area contributed by atoms with Gasteiger partial charge in [-0.1, -0.05) is 48.5 Å². The van der Waals surface area contributed by atoms with E-state index in [4.69, 9.17) is 16.5 Å². The highest BCUT2D eigenvalue weighted by Gasteiger charge is 2.27. The number of ketones is 1. The van der Waals surface area contributed by atoms with Crippen molar-refractivity contribution in [2.45, 2.75) is 32.0 Å². The zero-order valence-corrected chi connectivity index (χ0v) is 20.1. The van der Waals surface area contributed by atoms with Crippen LogP contribution in [0.15, 0.2) is 64.2 Å². The van der Waals surface area contributed by atoms with Gasteiger partial charge in [0.2, 0.25) is 5.95 Å². The highest BCUT2D eigenvalue weighted by Crippen LogP contribution is 2.25. The Balaban J connectivity index is 1.70. The summed E-state index contributed by atoms with van der Waals surface area (Å²) in [7, 11) is 1.56. The molecule has 1 saturated heterocycles. The van der Waals surface area contributed by atoms with Crippen LogP contribution in [-0.2, 0) is 20.1 Å². The fraction of sp³-hybridized carbons (Fsp3) is 0.308. The lowest BCUT2D eigenvalue weighted by Crippen LogP contribution is -2.44. The highest BCUT2D eigenvalue weighted by atomic mass is 16.2. The largest absolute Gasteiger partial charge is 0.398 e. The molecule has 5 rings (SSSR count). The molecule has 4 N–H and O–H groups in total. The first kappa shape index (κ1) is 23.6. The monoisotopic (exact) mass is 487 g/mol. The average Bonchev–Trinajstić information content (AvgIpc) is 3.26. The Morgan fingerprint density at radius 3 is 2.50 bits per heavy atom. The number of aryl methyl sites for hydroxylation is 1. The number of anilines is 2. The molecule has 2 aromatic heterocycles. The number of benzene rings is 2. The number of piperidine rings is 1. The number of carbonyl (C=O) groups excluding carboxylic acids is 1. The molecule has 1 atom stereocenters. The number of fused-ring (bicyclic) bond motifs is 1. The van der Waals surface area contributed by atoms with Gasteiger partial charge in [0.1, 0.15) is 0 Å². The molecule has 0 bridgehead atoms. The van der Waals surface area contributed by atoms with E-state index in [0.717, 1.165) is 29.5 Å². The van der Waals surface area contributed by atoms with Crippen LogP contribution in [0.25, 0.3) is 11.2 Å². The summed E-state index contributed by atoms with van der Waals surface area (Å²) in [5.74, 6) is 0.234. The number of nitrogens with zero attached hydrogens (tertiary/aromatic N) is 5. The molecule has 1 aliphatic rings. The van der Waals surface area contributed by atoms with Crippen molar-refractivity contribution in [3.8, 4) is 0 Å². The number of imidazole rings is 1. The van der Waals surface area contributed by atoms with Crippen LogP contribution < -0.4 is 27.6 Å². The van der Waals surface area contributed by atoms with Crippen LogP contribution in [0.2, 0.25) is 0 Å². The number of carbonyl (C=O) groups is 1. The fourth-order valence-electron chi connectivity index (χ4n) is 4.79. The summed E-state index contributed by atoms with van der Waals surface area (Å²) in [5.41, 5.74) is 13.7. The maximum Gasteiger partial charge on any atom is 0.332 e. The summed E-state index contributed by atoms with van der Waals surface area (Å²) >= 11 is 0. The van der Waals surface area contributed by atoms with Crippen molar-refractivity contribution >= 4 is 28.6 Å². The maximum absolute atomic E-state index is 13.8. The number of nitrogens with two attached hydrogens (primary N) is 2. The van der Waals surface area contributed by atoms with E-state index in [1.807, 2.05) is 18.2 Å². The Hall–Kier alpha value is -4.18. The molecule has 1 aliphatic heterocycles. The summed E-state index contributed by atoms with van der Waals surface area (Å²) in [6.07, 6.45) is 1.81. The number of hydrogen-bond donors (Lipinski definition) is 2. The van der Waals surface area contributed by atoms with E-state index >= 15 is 0 Å². The smallest absolute Gasteiger partial charge is 0.332 e. The first-order valence-electron chi connectivity index (χ1n) is 12.0. The number of rotatable bonds is 6. The van der Waals surface area contributed by atoms with Crippen molar-refractivity contribution in [3.63, 3.8) is 0 Å². The lowest BCUT2D eigenvalue weighted by atomic mass is 10.1. The summed E-state index contributed by atoms with van der Waals surface area (Å²) in [6, 6.07) is 16.0. The molecular weight excluding hydrogens is 458 g/mol. The Morgan fingerprint density at radius 2 is 1.78 bits per heavy atom. The van der Waals surface area contributed by atoms with Crippen LogP contribution in [0, 0.1) is 0 Å². The van der Waals surface area contributed by atoms with Crippen LogP contribution in [0.4, 0.5) is 11.6 Å².